The van der Waals surface area contributed by atoms with Gasteiger partial charge in [-0.3, -0.25) is 4.79 Å². The summed E-state index contributed by atoms with van der Waals surface area (Å²) in [4.78, 5) is 25.8. The Morgan fingerprint density at radius 1 is 0.875 bits per heavy atom. The summed E-state index contributed by atoms with van der Waals surface area (Å²) in [5.41, 5.74) is -2.77. The highest BCUT2D eigenvalue weighted by Crippen LogP contribution is 2.43. The fourth-order valence-corrected chi connectivity index (χ4v) is 7.63. The van der Waals surface area contributed by atoms with E-state index in [0.717, 1.165) is 19.3 Å². The molecule has 2 fully saturated rings. The van der Waals surface area contributed by atoms with Gasteiger partial charge in [0.15, 0.2) is 11.9 Å². The van der Waals surface area contributed by atoms with Crippen LogP contribution in [0.1, 0.15) is 124 Å². The molecule has 2 heterocycles. The number of hydrogen-bond acceptors (Lipinski definition) is 14. The molecule has 2 rings (SSSR count). The number of hydrogen-bond donors (Lipinski definition) is 11. The second-order valence-corrected chi connectivity index (χ2v) is 15.7. The van der Waals surface area contributed by atoms with Crippen LogP contribution in [0.2, 0.25) is 0 Å². The van der Waals surface area contributed by atoms with E-state index in [1.165, 1.54) is 70.8 Å². The number of nitrogens with one attached hydrogen (secondary N) is 1. The highest BCUT2D eigenvalue weighted by Gasteiger charge is 2.62. The number of aliphatic carboxylic acids is 1. The number of carbonyl (C=O) groups excluding carboxylic acids is 1. The van der Waals surface area contributed by atoms with Crippen molar-refractivity contribution in [3.05, 3.63) is 12.2 Å². The van der Waals surface area contributed by atoms with Crippen molar-refractivity contribution < 1.29 is 74.9 Å². The molecule has 0 saturated carbocycles. The van der Waals surface area contributed by atoms with E-state index in [1.807, 2.05) is 6.92 Å². The minimum Gasteiger partial charge on any atom is -0.479 e. The van der Waals surface area contributed by atoms with Crippen molar-refractivity contribution in [3.63, 3.8) is 0 Å². The highest BCUT2D eigenvalue weighted by atomic mass is 16.7. The van der Waals surface area contributed by atoms with Gasteiger partial charge < -0.3 is 70.6 Å². The van der Waals surface area contributed by atoms with E-state index in [1.54, 1.807) is 6.08 Å². The van der Waals surface area contributed by atoms with Gasteiger partial charge in [-0.25, -0.2) is 4.79 Å². The lowest BCUT2D eigenvalue weighted by molar-refractivity contribution is -0.322. The number of unbranched alkanes of at least 4 members (excludes halogenated alkanes) is 12. The Hall–Kier alpha value is -1.80. The van der Waals surface area contributed by atoms with Crippen LogP contribution in [-0.4, -0.2) is 156 Å². The Balaban J connectivity index is 2.09. The van der Waals surface area contributed by atoms with Crippen LogP contribution >= 0.6 is 0 Å². The number of carboxylic acid groups (broad SMARTS) is 1. The monoisotopic (exact) mass is 807 g/mol. The zero-order chi connectivity index (χ0) is 41.8. The molecule has 0 aromatic heterocycles. The lowest BCUT2D eigenvalue weighted by Gasteiger charge is -2.52. The molecular formula is C40H73NO15. The van der Waals surface area contributed by atoms with Gasteiger partial charge in [-0.15, -0.1) is 0 Å². The van der Waals surface area contributed by atoms with E-state index < -0.39 is 117 Å². The summed E-state index contributed by atoms with van der Waals surface area (Å²) in [5.74, 6) is -4.99. The number of aliphatic hydroxyl groups excluding tert-OH is 9. The van der Waals surface area contributed by atoms with Crippen molar-refractivity contribution in [1.29, 1.82) is 0 Å². The van der Waals surface area contributed by atoms with Gasteiger partial charge in [-0.1, -0.05) is 110 Å². The third-order valence-corrected chi connectivity index (χ3v) is 11.3. The first-order valence-electron chi connectivity index (χ1n) is 20.8. The molecular weight excluding hydrogens is 734 g/mol. The number of rotatable bonds is 28. The number of carboxylic acids is 1. The van der Waals surface area contributed by atoms with Crippen LogP contribution in [0, 0.1) is 11.8 Å². The molecule has 11 N–H and O–H groups in total. The standard InChI is InChI=1S/C40H73NO15/c1-4-6-8-9-10-11-12-13-14-15-16-17-18-20-31(47)41-26(27(44)19-7-5-2)24-54-38-35(50)32(34(49)30(23-43)55-38)37(51)40(39(52)53)21-28(45)25(3)36(56-40)33(48)29(46)22-42/h7,19,25-30,32-38,42-46,48-51H,4-6,8-18,20-24H2,1-3H3,(H,41,47)(H,52,53)/b19-7+. The van der Waals surface area contributed by atoms with E-state index in [-0.39, 0.29) is 12.3 Å². The third-order valence-electron chi connectivity index (χ3n) is 11.3. The van der Waals surface area contributed by atoms with Crippen LogP contribution in [0.5, 0.6) is 0 Å². The van der Waals surface area contributed by atoms with Crippen molar-refractivity contribution in [1.82, 2.24) is 5.32 Å². The molecule has 0 bridgehead atoms. The minimum absolute atomic E-state index is 0.209. The summed E-state index contributed by atoms with van der Waals surface area (Å²) < 4.78 is 17.1. The Morgan fingerprint density at radius 3 is 1.96 bits per heavy atom. The van der Waals surface area contributed by atoms with Crippen molar-refractivity contribution in [3.8, 4) is 0 Å². The molecule has 16 heteroatoms. The van der Waals surface area contributed by atoms with Crippen LogP contribution in [0.25, 0.3) is 0 Å². The molecule has 2 aliphatic rings. The Labute approximate surface area is 331 Å². The molecule has 328 valence electrons. The van der Waals surface area contributed by atoms with E-state index in [2.05, 4.69) is 12.2 Å². The number of aliphatic hydroxyl groups is 9. The summed E-state index contributed by atoms with van der Waals surface area (Å²) in [6, 6.07) is -1.03. The second-order valence-electron chi connectivity index (χ2n) is 15.7. The Bertz CT molecular complexity index is 1130. The van der Waals surface area contributed by atoms with Crippen LogP contribution < -0.4 is 5.32 Å². The lowest BCUT2D eigenvalue weighted by Crippen LogP contribution is -2.70. The van der Waals surface area contributed by atoms with E-state index in [0.29, 0.717) is 12.8 Å². The molecule has 16 nitrogen and oxygen atoms in total. The Morgan fingerprint density at radius 2 is 1.45 bits per heavy atom. The molecule has 1 amide bonds. The van der Waals surface area contributed by atoms with E-state index >= 15 is 0 Å². The predicted octanol–water partition coefficient (Wildman–Crippen LogP) is 1.04. The summed E-state index contributed by atoms with van der Waals surface area (Å²) >= 11 is 0. The summed E-state index contributed by atoms with van der Waals surface area (Å²) in [5, 5.41) is 109. The molecule has 0 aromatic rings. The topological polar surface area (TPSA) is 276 Å². The molecule has 14 unspecified atom stereocenters. The number of ether oxygens (including phenoxy) is 3. The molecule has 56 heavy (non-hydrogen) atoms. The zero-order valence-electron chi connectivity index (χ0n) is 33.6. The molecule has 14 atom stereocenters. The van der Waals surface area contributed by atoms with Crippen molar-refractivity contribution in [2.75, 3.05) is 19.8 Å². The first-order valence-corrected chi connectivity index (χ1v) is 20.8. The van der Waals surface area contributed by atoms with Gasteiger partial charge in [0.1, 0.15) is 30.5 Å². The fraction of sp³-hybridized carbons (Fsp3) is 0.900. The van der Waals surface area contributed by atoms with Crippen molar-refractivity contribution in [2.45, 2.75) is 196 Å². The smallest absolute Gasteiger partial charge is 0.338 e. The van der Waals surface area contributed by atoms with Gasteiger partial charge >= 0.3 is 5.97 Å². The quantitative estimate of drug-likeness (QED) is 0.0389. The van der Waals surface area contributed by atoms with Gasteiger partial charge in [0.05, 0.1) is 50.3 Å². The first-order chi connectivity index (χ1) is 26.7. The van der Waals surface area contributed by atoms with Crippen molar-refractivity contribution >= 4 is 11.9 Å². The molecule has 2 saturated heterocycles. The predicted molar refractivity (Wildman–Crippen MR) is 205 cm³/mol. The van der Waals surface area contributed by atoms with Gasteiger partial charge in [-0.2, -0.15) is 0 Å². The van der Waals surface area contributed by atoms with Crippen LogP contribution in [0.15, 0.2) is 12.2 Å². The third kappa shape index (κ3) is 14.8. The maximum atomic E-state index is 13.0. The van der Waals surface area contributed by atoms with Crippen LogP contribution in [-0.2, 0) is 23.8 Å². The average Bonchev–Trinajstić information content (AvgIpc) is 3.18. The maximum Gasteiger partial charge on any atom is 0.338 e. The van der Waals surface area contributed by atoms with Gasteiger partial charge in [0, 0.05) is 24.7 Å². The zero-order valence-corrected chi connectivity index (χ0v) is 33.6. The van der Waals surface area contributed by atoms with Gasteiger partial charge in [0.25, 0.3) is 0 Å². The minimum atomic E-state index is -2.77. The molecule has 0 radical (unpaired) electrons. The van der Waals surface area contributed by atoms with E-state index in [4.69, 9.17) is 14.2 Å². The largest absolute Gasteiger partial charge is 0.479 e. The van der Waals surface area contributed by atoms with Gasteiger partial charge in [0.2, 0.25) is 5.91 Å². The van der Waals surface area contributed by atoms with Crippen molar-refractivity contribution in [2.24, 2.45) is 11.8 Å². The van der Waals surface area contributed by atoms with Crippen LogP contribution in [0.3, 0.4) is 0 Å². The molecule has 0 spiro atoms. The second kappa shape index (κ2) is 26.3. The normalized spacial score (nSPS) is 31.1. The first kappa shape index (κ1) is 50.3. The maximum absolute atomic E-state index is 13.0. The number of amides is 1. The Kier molecular flexibility index (Phi) is 23.7. The molecule has 2 aliphatic heterocycles. The lowest BCUT2D eigenvalue weighted by atomic mass is 9.71. The highest BCUT2D eigenvalue weighted by molar-refractivity contribution is 5.79. The fourth-order valence-electron chi connectivity index (χ4n) is 7.63. The molecule has 0 aromatic carbocycles. The van der Waals surface area contributed by atoms with Crippen LogP contribution in [0.4, 0.5) is 0 Å². The van der Waals surface area contributed by atoms with Gasteiger partial charge in [-0.05, 0) is 12.8 Å². The molecule has 0 aliphatic carbocycles. The van der Waals surface area contributed by atoms with E-state index in [9.17, 15) is 60.7 Å². The SMILES string of the molecule is CC/C=C/C(O)C(COC1OC(CO)C(O)C(C(O)C2(C(=O)O)CC(O)C(C)C(C(O)C(O)CO)O2)C1O)NC(=O)CCCCCCCCCCCCCCC. The number of carbonyl (C=O) groups is 2. The summed E-state index contributed by atoms with van der Waals surface area (Å²) in [6.07, 6.45) is 0.733. The summed E-state index contributed by atoms with van der Waals surface area (Å²) in [6.45, 7) is 3.26. The summed E-state index contributed by atoms with van der Waals surface area (Å²) in [7, 11) is 0. The number of allylic oxidation sites excluding steroid dienone is 1. The average molecular weight is 808 g/mol.